The van der Waals surface area contributed by atoms with Gasteiger partial charge in [-0.25, -0.2) is 8.42 Å². The Kier molecular flexibility index (Phi) is 3.85. The Bertz CT molecular complexity index is 422. The molecular formula is C10H12O4S. The van der Waals surface area contributed by atoms with Crippen LogP contribution in [0.4, 0.5) is 0 Å². The SMILES string of the molecule is CCO[13C](=O)[13CH2]S(=O)(=O)c1ccccc1. The number of ether oxygens (including phenoxy) is 1. The van der Waals surface area contributed by atoms with Crippen LogP contribution >= 0.6 is 0 Å². The molecule has 0 aliphatic heterocycles. The molecule has 1 aromatic rings. The molecule has 0 saturated heterocycles. The monoisotopic (exact) mass is 230 g/mol. The summed E-state index contributed by atoms with van der Waals surface area (Å²) >= 11 is 0. The van der Waals surface area contributed by atoms with Gasteiger partial charge in [0, 0.05) is 0 Å². The van der Waals surface area contributed by atoms with Gasteiger partial charge >= 0.3 is 5.97 Å². The zero-order valence-electron chi connectivity index (χ0n) is 8.34. The molecule has 0 unspecified atom stereocenters. The lowest BCUT2D eigenvalue weighted by Crippen LogP contribution is -2.18. The molecule has 15 heavy (non-hydrogen) atoms. The second-order valence-corrected chi connectivity index (χ2v) is 4.87. The van der Waals surface area contributed by atoms with E-state index in [1.54, 1.807) is 25.1 Å². The van der Waals surface area contributed by atoms with Gasteiger partial charge in [-0.05, 0) is 19.1 Å². The molecule has 0 saturated carbocycles. The Morgan fingerprint density at radius 3 is 2.40 bits per heavy atom. The molecule has 0 aromatic heterocycles. The van der Waals surface area contributed by atoms with Crippen LogP contribution in [0.25, 0.3) is 0 Å². The van der Waals surface area contributed by atoms with Crippen LogP contribution in [0.2, 0.25) is 0 Å². The van der Waals surface area contributed by atoms with E-state index in [1.807, 2.05) is 0 Å². The van der Waals surface area contributed by atoms with E-state index in [0.29, 0.717) is 0 Å². The zero-order valence-corrected chi connectivity index (χ0v) is 9.16. The molecule has 0 N–H and O–H groups in total. The summed E-state index contributed by atoms with van der Waals surface area (Å²) in [5, 5.41) is 0. The van der Waals surface area contributed by atoms with Crippen LogP contribution in [0.5, 0.6) is 0 Å². The molecule has 82 valence electrons. The first kappa shape index (κ1) is 11.7. The maximum absolute atomic E-state index is 11.6. The molecule has 0 atom stereocenters. The number of esters is 1. The quantitative estimate of drug-likeness (QED) is 0.572. The van der Waals surface area contributed by atoms with Crippen molar-refractivity contribution in [3.63, 3.8) is 0 Å². The molecule has 4 nitrogen and oxygen atoms in total. The highest BCUT2D eigenvalue weighted by molar-refractivity contribution is 7.92. The van der Waals surface area contributed by atoms with Crippen molar-refractivity contribution >= 4 is 15.8 Å². The second kappa shape index (κ2) is 4.93. The van der Waals surface area contributed by atoms with Crippen molar-refractivity contribution in [2.45, 2.75) is 11.8 Å². The van der Waals surface area contributed by atoms with Crippen molar-refractivity contribution in [1.29, 1.82) is 0 Å². The highest BCUT2D eigenvalue weighted by Gasteiger charge is 2.19. The van der Waals surface area contributed by atoms with E-state index in [-0.39, 0.29) is 11.5 Å². The van der Waals surface area contributed by atoms with E-state index in [1.165, 1.54) is 12.1 Å². The van der Waals surface area contributed by atoms with Crippen LogP contribution in [0.15, 0.2) is 35.2 Å². The molecule has 0 aliphatic rings. The number of carbonyl (C=O) groups is 1. The van der Waals surface area contributed by atoms with Gasteiger partial charge in [0.2, 0.25) is 0 Å². The maximum atomic E-state index is 11.6. The summed E-state index contributed by atoms with van der Waals surface area (Å²) < 4.78 is 27.8. The van der Waals surface area contributed by atoms with Crippen LogP contribution < -0.4 is 0 Å². The molecule has 0 spiro atoms. The van der Waals surface area contributed by atoms with Crippen molar-refractivity contribution in [3.05, 3.63) is 30.3 Å². The first-order valence-corrected chi connectivity index (χ1v) is 6.15. The Hall–Kier alpha value is -1.36. The Labute approximate surface area is 88.8 Å². The Balaban J connectivity index is 2.81. The smallest absolute Gasteiger partial charge is 0.321 e. The van der Waals surface area contributed by atoms with Gasteiger partial charge in [-0.1, -0.05) is 18.2 Å². The molecule has 0 radical (unpaired) electrons. The number of benzene rings is 1. The standard InChI is InChI=1S/C10H12O4S/c1-2-14-10(11)8-15(12,13)9-6-4-3-5-7-9/h3-7H,2,8H2,1H3/i8+1,10+1. The minimum absolute atomic E-state index is 0.137. The van der Waals surface area contributed by atoms with Crippen molar-refractivity contribution in [2.24, 2.45) is 0 Å². The average Bonchev–Trinajstić information content (AvgIpc) is 2.18. The van der Waals surface area contributed by atoms with Crippen molar-refractivity contribution in [2.75, 3.05) is 12.4 Å². The number of sulfone groups is 1. The Morgan fingerprint density at radius 2 is 1.87 bits per heavy atom. The lowest BCUT2D eigenvalue weighted by Gasteiger charge is -2.03. The van der Waals surface area contributed by atoms with E-state index in [4.69, 9.17) is 0 Å². The van der Waals surface area contributed by atoms with E-state index in [9.17, 15) is 13.2 Å². The lowest BCUT2D eigenvalue weighted by atomic mass is 10.4. The molecule has 5 heteroatoms. The fraction of sp³-hybridized carbons (Fsp3) is 0.300. The third-order valence-electron chi connectivity index (χ3n) is 1.72. The average molecular weight is 230 g/mol. The number of hydrogen-bond acceptors (Lipinski definition) is 4. The maximum Gasteiger partial charge on any atom is 0.321 e. The summed E-state index contributed by atoms with van der Waals surface area (Å²) in [6.45, 7) is 1.82. The van der Waals surface area contributed by atoms with Crippen molar-refractivity contribution in [1.82, 2.24) is 0 Å². The molecule has 0 bridgehead atoms. The van der Waals surface area contributed by atoms with Gasteiger partial charge in [-0.15, -0.1) is 0 Å². The van der Waals surface area contributed by atoms with Gasteiger partial charge in [-0.2, -0.15) is 0 Å². The molecule has 0 amide bonds. The van der Waals surface area contributed by atoms with E-state index in [0.717, 1.165) is 0 Å². The Morgan fingerprint density at radius 1 is 1.27 bits per heavy atom. The first-order chi connectivity index (χ1) is 7.06. The van der Waals surface area contributed by atoms with E-state index in [2.05, 4.69) is 4.74 Å². The fourth-order valence-corrected chi connectivity index (χ4v) is 2.20. The van der Waals surface area contributed by atoms with Crippen molar-refractivity contribution in [3.8, 4) is 0 Å². The van der Waals surface area contributed by atoms with Crippen LogP contribution in [0.3, 0.4) is 0 Å². The fourth-order valence-electron chi connectivity index (χ4n) is 1.07. The minimum atomic E-state index is -3.56. The summed E-state index contributed by atoms with van der Waals surface area (Å²) in [4.78, 5) is 11.2. The van der Waals surface area contributed by atoms with Gasteiger partial charge in [-0.3, -0.25) is 4.79 Å². The molecular weight excluding hydrogens is 218 g/mol. The minimum Gasteiger partial charge on any atom is -0.465 e. The molecule has 1 aromatic carbocycles. The van der Waals surface area contributed by atoms with Crippen LogP contribution in [-0.2, 0) is 19.4 Å². The van der Waals surface area contributed by atoms with Gasteiger partial charge in [0.05, 0.1) is 11.5 Å². The largest absolute Gasteiger partial charge is 0.465 e. The second-order valence-electron chi connectivity index (χ2n) is 2.88. The van der Waals surface area contributed by atoms with Gasteiger partial charge in [0.1, 0.15) is 0 Å². The summed E-state index contributed by atoms with van der Waals surface area (Å²) in [5.41, 5.74) is 0. The number of carbonyl (C=O) groups excluding carboxylic acids is 1. The summed E-state index contributed by atoms with van der Waals surface area (Å²) in [5.74, 6) is -1.33. The van der Waals surface area contributed by atoms with E-state index < -0.39 is 21.6 Å². The lowest BCUT2D eigenvalue weighted by molar-refractivity contribution is -0.139. The van der Waals surface area contributed by atoms with Crippen LogP contribution in [-0.4, -0.2) is 26.7 Å². The summed E-state index contributed by atoms with van der Waals surface area (Å²) in [6.07, 6.45) is 0. The molecule has 0 heterocycles. The molecule has 0 fully saturated rings. The normalized spacial score (nSPS) is 11.0. The summed E-state index contributed by atoms with van der Waals surface area (Å²) in [7, 11) is -3.56. The van der Waals surface area contributed by atoms with Gasteiger partial charge in [0.25, 0.3) is 0 Å². The van der Waals surface area contributed by atoms with Gasteiger partial charge < -0.3 is 4.74 Å². The highest BCUT2D eigenvalue weighted by Crippen LogP contribution is 2.10. The van der Waals surface area contributed by atoms with Crippen LogP contribution in [0.1, 0.15) is 6.92 Å². The number of rotatable bonds is 4. The third kappa shape index (κ3) is 3.36. The first-order valence-electron chi connectivity index (χ1n) is 4.49. The highest BCUT2D eigenvalue weighted by atomic mass is 32.2. The van der Waals surface area contributed by atoms with Gasteiger partial charge in [0.15, 0.2) is 15.6 Å². The molecule has 1 rings (SSSR count). The molecule has 0 aliphatic carbocycles. The topological polar surface area (TPSA) is 60.4 Å². The summed E-state index contributed by atoms with van der Waals surface area (Å²) in [6, 6.07) is 7.84. The number of hydrogen-bond donors (Lipinski definition) is 0. The van der Waals surface area contributed by atoms with E-state index >= 15 is 0 Å². The predicted molar refractivity (Wildman–Crippen MR) is 55.1 cm³/mol. The predicted octanol–water partition coefficient (Wildman–Crippen LogP) is 1.02. The van der Waals surface area contributed by atoms with Crippen molar-refractivity contribution < 1.29 is 17.9 Å². The third-order valence-corrected chi connectivity index (χ3v) is 3.32. The van der Waals surface area contributed by atoms with Crippen LogP contribution in [0, 0.1) is 0 Å². The zero-order chi connectivity index (χ0) is 11.3.